The normalized spacial score (nSPS) is 25.1. The number of esters is 1. The minimum Gasteiger partial charge on any atom is -0.469 e. The number of hydrogen-bond donors (Lipinski definition) is 0. The predicted molar refractivity (Wildman–Crippen MR) is 150 cm³/mol. The van der Waals surface area contributed by atoms with E-state index in [1.807, 2.05) is 19.9 Å². The van der Waals surface area contributed by atoms with E-state index in [9.17, 15) is 18.0 Å². The second kappa shape index (κ2) is 12.6. The zero-order chi connectivity index (χ0) is 28.3. The fourth-order valence-corrected chi connectivity index (χ4v) is 7.99. The van der Waals surface area contributed by atoms with E-state index in [1.165, 1.54) is 11.4 Å². The number of halogens is 2. The molecule has 2 aliphatic heterocycles. The van der Waals surface area contributed by atoms with Gasteiger partial charge in [-0.15, -0.1) is 0 Å². The third-order valence-corrected chi connectivity index (χ3v) is 10.1. The second-order valence-corrected chi connectivity index (χ2v) is 12.9. The molecule has 2 aliphatic rings. The Labute approximate surface area is 240 Å². The Balaban J connectivity index is 1.83. The van der Waals surface area contributed by atoms with Crippen LogP contribution in [0.15, 0.2) is 48.5 Å². The molecule has 11 heteroatoms. The number of nitrogens with zero attached hydrogens (tertiary/aromatic N) is 2. The highest BCUT2D eigenvalue weighted by Crippen LogP contribution is 2.45. The average molecular weight is 598 g/mol. The maximum atomic E-state index is 14.1. The molecular formula is C28H34Cl2N2O6S. The monoisotopic (exact) mass is 596 g/mol. The molecule has 0 N–H and O–H groups in total. The van der Waals surface area contributed by atoms with E-state index in [2.05, 4.69) is 0 Å². The number of ether oxygens (including phenoxy) is 2. The van der Waals surface area contributed by atoms with Crippen molar-refractivity contribution >= 4 is 45.1 Å². The van der Waals surface area contributed by atoms with E-state index in [-0.39, 0.29) is 18.2 Å². The van der Waals surface area contributed by atoms with Crippen LogP contribution in [0.5, 0.6) is 0 Å². The molecule has 5 atom stereocenters. The quantitative estimate of drug-likeness (QED) is 0.371. The van der Waals surface area contributed by atoms with Gasteiger partial charge in [-0.3, -0.25) is 9.59 Å². The van der Waals surface area contributed by atoms with Gasteiger partial charge in [-0.25, -0.2) is 8.42 Å². The summed E-state index contributed by atoms with van der Waals surface area (Å²) in [4.78, 5) is 28.0. The molecule has 39 heavy (non-hydrogen) atoms. The first kappa shape index (κ1) is 29.8. The SMILES string of the molecule is CC[C@@H](CS(=O)(=O)N1CCC[C@@H]1C)N1C(=O)[C@@H](CC(=O)OC)O[C@H](c2cccc(Cl)c2)[C@H]1c1ccc(Cl)cc1. The summed E-state index contributed by atoms with van der Waals surface area (Å²) in [6, 6.07) is 12.7. The Kier molecular flexibility index (Phi) is 9.60. The minimum atomic E-state index is -3.67. The van der Waals surface area contributed by atoms with Crippen molar-refractivity contribution in [2.24, 2.45) is 0 Å². The molecule has 1 amide bonds. The molecule has 0 unspecified atom stereocenters. The van der Waals surface area contributed by atoms with Crippen molar-refractivity contribution in [1.29, 1.82) is 0 Å². The maximum Gasteiger partial charge on any atom is 0.308 e. The van der Waals surface area contributed by atoms with E-state index < -0.39 is 46.2 Å². The van der Waals surface area contributed by atoms with Crippen molar-refractivity contribution in [3.05, 3.63) is 69.7 Å². The van der Waals surface area contributed by atoms with Gasteiger partial charge in [0, 0.05) is 28.7 Å². The van der Waals surface area contributed by atoms with Gasteiger partial charge in [0.2, 0.25) is 10.0 Å². The number of hydrogen-bond acceptors (Lipinski definition) is 6. The van der Waals surface area contributed by atoms with Crippen LogP contribution in [0.1, 0.15) is 62.8 Å². The molecule has 0 saturated carbocycles. The Morgan fingerprint density at radius 3 is 2.44 bits per heavy atom. The summed E-state index contributed by atoms with van der Waals surface area (Å²) in [7, 11) is -2.43. The second-order valence-electron chi connectivity index (χ2n) is 10.1. The average Bonchev–Trinajstić information content (AvgIpc) is 3.35. The summed E-state index contributed by atoms with van der Waals surface area (Å²) in [5.74, 6) is -1.30. The minimum absolute atomic E-state index is 0.0914. The lowest BCUT2D eigenvalue weighted by molar-refractivity contribution is -0.183. The molecule has 2 aromatic rings. The van der Waals surface area contributed by atoms with Gasteiger partial charge < -0.3 is 14.4 Å². The third kappa shape index (κ3) is 6.60. The van der Waals surface area contributed by atoms with Crippen LogP contribution >= 0.6 is 23.2 Å². The van der Waals surface area contributed by atoms with Crippen molar-refractivity contribution in [1.82, 2.24) is 9.21 Å². The largest absolute Gasteiger partial charge is 0.469 e. The number of methoxy groups -OCH3 is 1. The van der Waals surface area contributed by atoms with Gasteiger partial charge in [0.25, 0.3) is 5.91 Å². The molecule has 0 spiro atoms. The highest BCUT2D eigenvalue weighted by molar-refractivity contribution is 7.89. The van der Waals surface area contributed by atoms with Crippen LogP contribution in [-0.2, 0) is 29.1 Å². The smallest absolute Gasteiger partial charge is 0.308 e. The molecule has 0 aliphatic carbocycles. The van der Waals surface area contributed by atoms with Gasteiger partial charge in [-0.1, -0.05) is 54.4 Å². The molecule has 4 rings (SSSR count). The topological polar surface area (TPSA) is 93.2 Å². The van der Waals surface area contributed by atoms with Gasteiger partial charge in [-0.05, 0) is 61.6 Å². The summed E-state index contributed by atoms with van der Waals surface area (Å²) in [6.07, 6.45) is -0.212. The molecule has 8 nitrogen and oxygen atoms in total. The van der Waals surface area contributed by atoms with Gasteiger partial charge in [0.05, 0.1) is 25.3 Å². The highest BCUT2D eigenvalue weighted by atomic mass is 35.5. The third-order valence-electron chi connectivity index (χ3n) is 7.51. The van der Waals surface area contributed by atoms with Crippen LogP contribution < -0.4 is 0 Å². The van der Waals surface area contributed by atoms with Crippen LogP contribution in [0.25, 0.3) is 0 Å². The molecule has 2 aromatic carbocycles. The van der Waals surface area contributed by atoms with Crippen molar-refractivity contribution < 1.29 is 27.5 Å². The van der Waals surface area contributed by atoms with Gasteiger partial charge in [0.15, 0.2) is 0 Å². The predicted octanol–water partition coefficient (Wildman–Crippen LogP) is 5.16. The lowest BCUT2D eigenvalue weighted by Gasteiger charge is -2.48. The molecule has 212 valence electrons. The molecule has 2 fully saturated rings. The number of amides is 1. The lowest BCUT2D eigenvalue weighted by atomic mass is 9.89. The Morgan fingerprint density at radius 2 is 1.85 bits per heavy atom. The molecule has 0 aromatic heterocycles. The van der Waals surface area contributed by atoms with Crippen molar-refractivity contribution in [2.75, 3.05) is 19.4 Å². The van der Waals surface area contributed by atoms with Crippen molar-refractivity contribution in [2.45, 2.75) is 69.9 Å². The summed E-state index contributed by atoms with van der Waals surface area (Å²) in [6.45, 7) is 4.23. The van der Waals surface area contributed by atoms with Crippen LogP contribution in [0.4, 0.5) is 0 Å². The van der Waals surface area contributed by atoms with Gasteiger partial charge >= 0.3 is 5.97 Å². The summed E-state index contributed by atoms with van der Waals surface area (Å²) >= 11 is 12.5. The number of carbonyl (C=O) groups excluding carboxylic acids is 2. The standard InChI is InChI=1S/C28H34Cl2N2O6S/c1-4-23(17-39(35,36)31-14-6-7-18(31)2)32-26(19-10-12-21(29)13-11-19)27(20-8-5-9-22(30)15-20)38-24(28(32)34)16-25(33)37-3/h5,8-13,15,18,23-24,26-27H,4,6-7,14,16-17H2,1-3H3/t18-,23-,24+,26+,27+/m0/s1. The van der Waals surface area contributed by atoms with E-state index in [1.54, 1.807) is 47.4 Å². The Hall–Kier alpha value is -2.17. The molecule has 2 heterocycles. The molecule has 0 bridgehead atoms. The maximum absolute atomic E-state index is 14.1. The summed E-state index contributed by atoms with van der Waals surface area (Å²) < 4.78 is 39.9. The molecule has 0 radical (unpaired) electrons. The van der Waals surface area contributed by atoms with Gasteiger partial charge in [-0.2, -0.15) is 4.31 Å². The van der Waals surface area contributed by atoms with Gasteiger partial charge in [0.1, 0.15) is 12.2 Å². The van der Waals surface area contributed by atoms with Crippen LogP contribution in [0.3, 0.4) is 0 Å². The van der Waals surface area contributed by atoms with Crippen molar-refractivity contribution in [3.63, 3.8) is 0 Å². The summed E-state index contributed by atoms with van der Waals surface area (Å²) in [5, 5.41) is 1.01. The first-order valence-corrected chi connectivity index (χ1v) is 15.5. The number of sulfonamides is 1. The number of benzene rings is 2. The fraction of sp³-hybridized carbons (Fsp3) is 0.500. The molecule has 2 saturated heterocycles. The first-order chi connectivity index (χ1) is 18.6. The lowest BCUT2D eigenvalue weighted by Crippen LogP contribution is -2.57. The van der Waals surface area contributed by atoms with E-state index in [0.29, 0.717) is 28.6 Å². The van der Waals surface area contributed by atoms with E-state index in [0.717, 1.165) is 18.4 Å². The number of rotatable bonds is 9. The van der Waals surface area contributed by atoms with Crippen LogP contribution in [-0.4, -0.2) is 67.1 Å². The summed E-state index contributed by atoms with van der Waals surface area (Å²) in [5.41, 5.74) is 1.42. The van der Waals surface area contributed by atoms with E-state index >= 15 is 0 Å². The zero-order valence-electron chi connectivity index (χ0n) is 22.3. The van der Waals surface area contributed by atoms with E-state index in [4.69, 9.17) is 32.7 Å². The van der Waals surface area contributed by atoms with Crippen LogP contribution in [0, 0.1) is 0 Å². The van der Waals surface area contributed by atoms with Crippen molar-refractivity contribution in [3.8, 4) is 0 Å². The molecular weight excluding hydrogens is 563 g/mol. The number of carbonyl (C=O) groups is 2. The highest BCUT2D eigenvalue weighted by Gasteiger charge is 2.48. The Morgan fingerprint density at radius 1 is 1.13 bits per heavy atom. The van der Waals surface area contributed by atoms with Crippen LogP contribution in [0.2, 0.25) is 10.0 Å². The fourth-order valence-electron chi connectivity index (χ4n) is 5.53. The Bertz CT molecular complexity index is 1290. The first-order valence-electron chi connectivity index (χ1n) is 13.1. The number of morpholine rings is 1. The zero-order valence-corrected chi connectivity index (χ0v) is 24.6.